The van der Waals surface area contributed by atoms with Gasteiger partial charge < -0.3 is 5.11 Å². The van der Waals surface area contributed by atoms with E-state index in [0.717, 1.165) is 5.57 Å². The van der Waals surface area contributed by atoms with Gasteiger partial charge in [-0.3, -0.25) is 4.79 Å². The Bertz CT molecular complexity index is 270. The molecule has 0 radical (unpaired) electrons. The van der Waals surface area contributed by atoms with E-state index in [1.54, 1.807) is 0 Å². The largest absolute Gasteiger partial charge is 0.481 e. The molecule has 0 saturated carbocycles. The summed E-state index contributed by atoms with van der Waals surface area (Å²) in [5, 5.41) is 8.59. The Labute approximate surface area is 72.6 Å². The van der Waals surface area contributed by atoms with Crippen molar-refractivity contribution >= 4 is 5.97 Å². The van der Waals surface area contributed by atoms with Crippen LogP contribution < -0.4 is 0 Å². The van der Waals surface area contributed by atoms with Gasteiger partial charge in [-0.2, -0.15) is 0 Å². The van der Waals surface area contributed by atoms with Crippen LogP contribution in [0.1, 0.15) is 27.2 Å². The molecule has 0 fully saturated rings. The molecule has 66 valence electrons. The minimum Gasteiger partial charge on any atom is -0.481 e. The summed E-state index contributed by atoms with van der Waals surface area (Å²) in [6.45, 7) is 6.18. The smallest absolute Gasteiger partial charge is 0.307 e. The summed E-state index contributed by atoms with van der Waals surface area (Å²) in [7, 11) is 0. The van der Waals surface area contributed by atoms with E-state index in [1.807, 2.05) is 13.0 Å². The summed E-state index contributed by atoms with van der Waals surface area (Å²) in [5.41, 5.74) is 2.17. The molecule has 0 aromatic carbocycles. The second-order valence-electron chi connectivity index (χ2n) is 3.78. The van der Waals surface area contributed by atoms with Gasteiger partial charge in [0.15, 0.2) is 0 Å². The van der Waals surface area contributed by atoms with E-state index in [4.69, 9.17) is 5.11 Å². The van der Waals surface area contributed by atoms with Gasteiger partial charge in [-0.15, -0.1) is 0 Å². The molecule has 0 saturated heterocycles. The normalized spacial score (nSPS) is 20.2. The minimum atomic E-state index is -0.758. The highest BCUT2D eigenvalue weighted by molar-refractivity contribution is 5.72. The monoisotopic (exact) mass is 166 g/mol. The van der Waals surface area contributed by atoms with E-state index in [9.17, 15) is 4.79 Å². The van der Waals surface area contributed by atoms with Gasteiger partial charge in [0.25, 0.3) is 0 Å². The molecule has 0 aromatic rings. The summed E-state index contributed by atoms with van der Waals surface area (Å²) in [6, 6.07) is 0. The van der Waals surface area contributed by atoms with Gasteiger partial charge in [0.1, 0.15) is 0 Å². The molecule has 2 heteroatoms. The number of carboxylic acid groups (broad SMARTS) is 1. The van der Waals surface area contributed by atoms with Crippen LogP contribution >= 0.6 is 0 Å². The number of hydrogen-bond donors (Lipinski definition) is 1. The molecule has 1 rings (SSSR count). The highest BCUT2D eigenvalue weighted by atomic mass is 16.4. The third-order valence-electron chi connectivity index (χ3n) is 2.49. The number of rotatable bonds is 2. The topological polar surface area (TPSA) is 37.3 Å². The zero-order valence-electron chi connectivity index (χ0n) is 7.72. The molecule has 0 atom stereocenters. The average Bonchev–Trinajstić information content (AvgIpc) is 2.15. The van der Waals surface area contributed by atoms with Gasteiger partial charge in [0.05, 0.1) is 6.42 Å². The van der Waals surface area contributed by atoms with Crippen LogP contribution in [0.5, 0.6) is 0 Å². The van der Waals surface area contributed by atoms with Crippen LogP contribution in [0, 0.1) is 5.41 Å². The first-order valence-electron chi connectivity index (χ1n) is 4.05. The van der Waals surface area contributed by atoms with Gasteiger partial charge in [-0.25, -0.2) is 0 Å². The average molecular weight is 166 g/mol. The Kier molecular flexibility index (Phi) is 2.09. The molecule has 0 aliphatic heterocycles. The van der Waals surface area contributed by atoms with E-state index in [-0.39, 0.29) is 11.8 Å². The Morgan fingerprint density at radius 2 is 2.17 bits per heavy atom. The standard InChI is InChI=1S/C10H14O2/c1-7-8(6-9(11)12)4-5-10(7,2)3/h4-5H,6H2,1-3H3,(H,11,12). The zero-order valence-corrected chi connectivity index (χ0v) is 7.72. The van der Waals surface area contributed by atoms with Crippen molar-refractivity contribution in [3.05, 3.63) is 23.3 Å². The highest BCUT2D eigenvalue weighted by Gasteiger charge is 2.24. The van der Waals surface area contributed by atoms with Crippen molar-refractivity contribution in [2.24, 2.45) is 5.41 Å². The number of allylic oxidation sites excluding steroid dienone is 3. The fraction of sp³-hybridized carbons (Fsp3) is 0.500. The molecule has 1 N–H and O–H groups in total. The molecular weight excluding hydrogens is 152 g/mol. The molecule has 0 aromatic heterocycles. The lowest BCUT2D eigenvalue weighted by Gasteiger charge is -2.17. The predicted octanol–water partition coefficient (Wildman–Crippen LogP) is 2.37. The summed E-state index contributed by atoms with van der Waals surface area (Å²) >= 11 is 0. The van der Waals surface area contributed by atoms with Crippen molar-refractivity contribution in [1.82, 2.24) is 0 Å². The minimum absolute atomic E-state index is 0.0464. The molecular formula is C10H14O2. The lowest BCUT2D eigenvalue weighted by molar-refractivity contribution is -0.136. The first-order valence-corrected chi connectivity index (χ1v) is 4.05. The van der Waals surface area contributed by atoms with Crippen LogP contribution in [0.4, 0.5) is 0 Å². The third kappa shape index (κ3) is 1.58. The summed E-state index contributed by atoms with van der Waals surface area (Å²) in [5.74, 6) is -0.758. The first-order chi connectivity index (χ1) is 5.43. The zero-order chi connectivity index (χ0) is 9.35. The van der Waals surface area contributed by atoms with Gasteiger partial charge in [0.2, 0.25) is 0 Å². The van der Waals surface area contributed by atoms with Crippen LogP contribution in [0.25, 0.3) is 0 Å². The van der Waals surface area contributed by atoms with E-state index in [1.165, 1.54) is 5.57 Å². The fourth-order valence-electron chi connectivity index (χ4n) is 1.33. The molecule has 1 aliphatic rings. The van der Waals surface area contributed by atoms with E-state index in [0.29, 0.717) is 0 Å². The lowest BCUT2D eigenvalue weighted by Crippen LogP contribution is -2.07. The van der Waals surface area contributed by atoms with Crippen LogP contribution in [0.3, 0.4) is 0 Å². The van der Waals surface area contributed by atoms with Gasteiger partial charge in [-0.1, -0.05) is 31.6 Å². The number of hydrogen-bond acceptors (Lipinski definition) is 1. The van der Waals surface area contributed by atoms with Crippen molar-refractivity contribution < 1.29 is 9.90 Å². The van der Waals surface area contributed by atoms with Crippen LogP contribution in [0.2, 0.25) is 0 Å². The molecule has 0 amide bonds. The van der Waals surface area contributed by atoms with Crippen molar-refractivity contribution in [1.29, 1.82) is 0 Å². The predicted molar refractivity (Wildman–Crippen MR) is 47.9 cm³/mol. The molecule has 0 bridgehead atoms. The summed E-state index contributed by atoms with van der Waals surface area (Å²) in [6.07, 6.45) is 4.12. The van der Waals surface area contributed by atoms with Gasteiger partial charge in [0, 0.05) is 5.41 Å². The quantitative estimate of drug-likeness (QED) is 0.683. The first kappa shape index (κ1) is 9.04. The SMILES string of the molecule is CC1=C(CC(=O)O)C=CC1(C)C. The van der Waals surface area contributed by atoms with Crippen molar-refractivity contribution in [3.8, 4) is 0 Å². The van der Waals surface area contributed by atoms with Crippen LogP contribution in [0.15, 0.2) is 23.3 Å². The molecule has 2 nitrogen and oxygen atoms in total. The van der Waals surface area contributed by atoms with Crippen molar-refractivity contribution in [2.45, 2.75) is 27.2 Å². The Hall–Kier alpha value is -1.05. The van der Waals surface area contributed by atoms with Crippen LogP contribution in [-0.2, 0) is 4.79 Å². The van der Waals surface area contributed by atoms with E-state index >= 15 is 0 Å². The summed E-state index contributed by atoms with van der Waals surface area (Å²) < 4.78 is 0. The molecule has 1 aliphatic carbocycles. The van der Waals surface area contributed by atoms with Crippen LogP contribution in [-0.4, -0.2) is 11.1 Å². The second kappa shape index (κ2) is 2.77. The molecule has 12 heavy (non-hydrogen) atoms. The lowest BCUT2D eigenvalue weighted by atomic mass is 9.87. The second-order valence-corrected chi connectivity index (χ2v) is 3.78. The molecule has 0 unspecified atom stereocenters. The maximum absolute atomic E-state index is 10.4. The fourth-order valence-corrected chi connectivity index (χ4v) is 1.33. The Morgan fingerprint density at radius 1 is 1.58 bits per heavy atom. The maximum Gasteiger partial charge on any atom is 0.307 e. The summed E-state index contributed by atoms with van der Waals surface area (Å²) in [4.78, 5) is 10.4. The number of carbonyl (C=O) groups is 1. The number of carboxylic acids is 1. The van der Waals surface area contributed by atoms with Crippen molar-refractivity contribution in [2.75, 3.05) is 0 Å². The molecule has 0 spiro atoms. The Balaban J connectivity index is 2.86. The van der Waals surface area contributed by atoms with Gasteiger partial charge in [-0.05, 0) is 12.5 Å². The molecule has 0 heterocycles. The van der Waals surface area contributed by atoms with Gasteiger partial charge >= 0.3 is 5.97 Å². The number of aliphatic carboxylic acids is 1. The highest BCUT2D eigenvalue weighted by Crippen LogP contribution is 2.37. The van der Waals surface area contributed by atoms with E-state index in [2.05, 4.69) is 19.9 Å². The van der Waals surface area contributed by atoms with E-state index < -0.39 is 5.97 Å². The van der Waals surface area contributed by atoms with Crippen molar-refractivity contribution in [3.63, 3.8) is 0 Å². The Morgan fingerprint density at radius 3 is 2.50 bits per heavy atom. The maximum atomic E-state index is 10.4. The third-order valence-corrected chi connectivity index (χ3v) is 2.49.